The number of pyridine rings is 2. The van der Waals surface area contributed by atoms with Gasteiger partial charge in [0.25, 0.3) is 0 Å². The lowest BCUT2D eigenvalue weighted by molar-refractivity contribution is 0.142. The molecule has 0 unspecified atom stereocenters. The van der Waals surface area contributed by atoms with Crippen LogP contribution in [0, 0.1) is 11.3 Å². The lowest BCUT2D eigenvalue weighted by Gasteiger charge is -2.34. The zero-order valence-corrected chi connectivity index (χ0v) is 14.5. The smallest absolute Gasteiger partial charge is 0.407 e. The van der Waals surface area contributed by atoms with Gasteiger partial charge < -0.3 is 14.9 Å². The van der Waals surface area contributed by atoms with Crippen molar-refractivity contribution in [3.63, 3.8) is 0 Å². The van der Waals surface area contributed by atoms with Gasteiger partial charge in [-0.05, 0) is 24.3 Å². The number of nitrogens with zero attached hydrogens (tertiary/aromatic N) is 5. The number of amides is 1. The minimum atomic E-state index is -0.890. The van der Waals surface area contributed by atoms with Crippen LogP contribution in [0.25, 0.3) is 22.2 Å². The Kier molecular flexibility index (Phi) is 4.30. The van der Waals surface area contributed by atoms with E-state index in [1.165, 1.54) is 4.90 Å². The molecule has 1 N–H and O–H groups in total. The average molecular weight is 359 g/mol. The zero-order valence-electron chi connectivity index (χ0n) is 14.5. The number of carboxylic acid groups (broad SMARTS) is 1. The number of anilines is 1. The molecule has 3 aromatic rings. The number of nitriles is 1. The van der Waals surface area contributed by atoms with E-state index in [4.69, 9.17) is 10.1 Å². The molecule has 1 aromatic carbocycles. The topological polar surface area (TPSA) is 93.4 Å². The van der Waals surface area contributed by atoms with E-state index in [-0.39, 0.29) is 0 Å². The normalized spacial score (nSPS) is 14.2. The van der Waals surface area contributed by atoms with Gasteiger partial charge in [0.2, 0.25) is 0 Å². The van der Waals surface area contributed by atoms with Crippen molar-refractivity contribution in [2.75, 3.05) is 31.1 Å². The second-order valence-electron chi connectivity index (χ2n) is 6.35. The SMILES string of the molecule is N#Cc1cccc(-c2nc(N3CCN(C(=O)O)CC3)cc3cccnc23)c1. The number of hydrogen-bond donors (Lipinski definition) is 1. The van der Waals surface area contributed by atoms with Crippen LogP contribution in [0.2, 0.25) is 0 Å². The first-order valence-electron chi connectivity index (χ1n) is 8.65. The van der Waals surface area contributed by atoms with Crippen LogP contribution in [0.15, 0.2) is 48.7 Å². The number of piperazine rings is 1. The largest absolute Gasteiger partial charge is 0.465 e. The van der Waals surface area contributed by atoms with E-state index < -0.39 is 6.09 Å². The molecule has 0 radical (unpaired) electrons. The number of aromatic nitrogens is 2. The molecule has 7 heteroatoms. The van der Waals surface area contributed by atoms with E-state index in [0.717, 1.165) is 28.0 Å². The maximum atomic E-state index is 11.1. The van der Waals surface area contributed by atoms with Gasteiger partial charge in [0.15, 0.2) is 0 Å². The monoisotopic (exact) mass is 359 g/mol. The highest BCUT2D eigenvalue weighted by Gasteiger charge is 2.22. The Morgan fingerprint density at radius 1 is 1.11 bits per heavy atom. The standard InChI is InChI=1S/C20H17N5O2/c21-13-14-3-1-4-15(11-14)19-18-16(5-2-6-22-18)12-17(23-19)24-7-9-25(10-8-24)20(26)27/h1-6,11-12H,7-10H2,(H,26,27). The Labute approximate surface area is 156 Å². The first-order valence-corrected chi connectivity index (χ1v) is 8.65. The maximum Gasteiger partial charge on any atom is 0.407 e. The van der Waals surface area contributed by atoms with Crippen molar-refractivity contribution >= 4 is 22.8 Å². The molecular weight excluding hydrogens is 342 g/mol. The van der Waals surface area contributed by atoms with Crippen LogP contribution in [0.1, 0.15) is 5.56 Å². The zero-order chi connectivity index (χ0) is 18.8. The average Bonchev–Trinajstić information content (AvgIpc) is 2.73. The summed E-state index contributed by atoms with van der Waals surface area (Å²) >= 11 is 0. The second kappa shape index (κ2) is 6.92. The number of hydrogen-bond acceptors (Lipinski definition) is 5. The predicted octanol–water partition coefficient (Wildman–Crippen LogP) is 2.97. The van der Waals surface area contributed by atoms with Crippen molar-refractivity contribution in [1.82, 2.24) is 14.9 Å². The minimum Gasteiger partial charge on any atom is -0.465 e. The van der Waals surface area contributed by atoms with Gasteiger partial charge in [0, 0.05) is 43.3 Å². The summed E-state index contributed by atoms with van der Waals surface area (Å²) in [5, 5.41) is 19.3. The molecule has 0 spiro atoms. The van der Waals surface area contributed by atoms with Crippen LogP contribution in [0.5, 0.6) is 0 Å². The van der Waals surface area contributed by atoms with E-state index in [2.05, 4.69) is 16.0 Å². The van der Waals surface area contributed by atoms with Crippen LogP contribution in [-0.4, -0.2) is 52.2 Å². The van der Waals surface area contributed by atoms with Gasteiger partial charge in [-0.25, -0.2) is 9.78 Å². The molecule has 7 nitrogen and oxygen atoms in total. The second-order valence-corrected chi connectivity index (χ2v) is 6.35. The minimum absolute atomic E-state index is 0.446. The molecule has 27 heavy (non-hydrogen) atoms. The fourth-order valence-corrected chi connectivity index (χ4v) is 3.30. The van der Waals surface area contributed by atoms with Crippen molar-refractivity contribution in [2.24, 2.45) is 0 Å². The highest BCUT2D eigenvalue weighted by Crippen LogP contribution is 2.30. The summed E-state index contributed by atoms with van der Waals surface area (Å²) in [4.78, 5) is 23.9. The number of rotatable bonds is 2. The third kappa shape index (κ3) is 3.25. The first-order chi connectivity index (χ1) is 13.2. The molecule has 4 rings (SSSR count). The van der Waals surface area contributed by atoms with Gasteiger partial charge in [0.05, 0.1) is 22.8 Å². The highest BCUT2D eigenvalue weighted by molar-refractivity contribution is 5.93. The lowest BCUT2D eigenvalue weighted by atomic mass is 10.1. The molecule has 0 aliphatic carbocycles. The molecule has 0 saturated carbocycles. The van der Waals surface area contributed by atoms with Crippen LogP contribution >= 0.6 is 0 Å². The van der Waals surface area contributed by atoms with Crippen LogP contribution in [-0.2, 0) is 0 Å². The molecule has 0 atom stereocenters. The summed E-state index contributed by atoms with van der Waals surface area (Å²) in [6, 6.07) is 15.3. The van der Waals surface area contributed by atoms with Crippen molar-refractivity contribution in [3.05, 3.63) is 54.2 Å². The molecule has 134 valence electrons. The Bertz CT molecular complexity index is 1050. The van der Waals surface area contributed by atoms with E-state index >= 15 is 0 Å². The lowest BCUT2D eigenvalue weighted by Crippen LogP contribution is -2.48. The summed E-state index contributed by atoms with van der Waals surface area (Å²) in [6.07, 6.45) is 0.840. The van der Waals surface area contributed by atoms with Gasteiger partial charge in [-0.15, -0.1) is 0 Å². The Morgan fingerprint density at radius 3 is 2.67 bits per heavy atom. The number of benzene rings is 1. The molecule has 0 bridgehead atoms. The molecule has 1 aliphatic heterocycles. The summed E-state index contributed by atoms with van der Waals surface area (Å²) in [5.74, 6) is 0.790. The van der Waals surface area contributed by atoms with Crippen molar-refractivity contribution < 1.29 is 9.90 Å². The van der Waals surface area contributed by atoms with Crippen LogP contribution in [0.3, 0.4) is 0 Å². The first kappa shape index (κ1) is 16.8. The van der Waals surface area contributed by atoms with Gasteiger partial charge >= 0.3 is 6.09 Å². The van der Waals surface area contributed by atoms with Crippen molar-refractivity contribution in [1.29, 1.82) is 5.26 Å². The molecule has 1 fully saturated rings. The van der Waals surface area contributed by atoms with E-state index in [1.807, 2.05) is 36.4 Å². The molecule has 3 heterocycles. The molecule has 1 saturated heterocycles. The van der Waals surface area contributed by atoms with Crippen LogP contribution < -0.4 is 4.90 Å². The predicted molar refractivity (Wildman–Crippen MR) is 101 cm³/mol. The van der Waals surface area contributed by atoms with Crippen LogP contribution in [0.4, 0.5) is 10.6 Å². The molecule has 2 aromatic heterocycles. The summed E-state index contributed by atoms with van der Waals surface area (Å²) in [5.41, 5.74) is 2.91. The molecule has 1 amide bonds. The third-order valence-corrected chi connectivity index (χ3v) is 4.71. The summed E-state index contributed by atoms with van der Waals surface area (Å²) < 4.78 is 0. The van der Waals surface area contributed by atoms with E-state index in [1.54, 1.807) is 12.3 Å². The van der Waals surface area contributed by atoms with Crippen molar-refractivity contribution in [2.45, 2.75) is 0 Å². The van der Waals surface area contributed by atoms with Gasteiger partial charge in [-0.2, -0.15) is 5.26 Å². The fraction of sp³-hybridized carbons (Fsp3) is 0.200. The Morgan fingerprint density at radius 2 is 1.93 bits per heavy atom. The molecular formula is C20H17N5O2. The Balaban J connectivity index is 1.77. The maximum absolute atomic E-state index is 11.1. The van der Waals surface area contributed by atoms with Crippen molar-refractivity contribution in [3.8, 4) is 17.3 Å². The quantitative estimate of drug-likeness (QED) is 0.756. The van der Waals surface area contributed by atoms with E-state index in [9.17, 15) is 10.1 Å². The number of fused-ring (bicyclic) bond motifs is 1. The Hall–Kier alpha value is -3.66. The van der Waals surface area contributed by atoms with Gasteiger partial charge in [-0.3, -0.25) is 4.98 Å². The van der Waals surface area contributed by atoms with Gasteiger partial charge in [0.1, 0.15) is 5.82 Å². The number of carbonyl (C=O) groups is 1. The third-order valence-electron chi connectivity index (χ3n) is 4.71. The molecule has 1 aliphatic rings. The fourth-order valence-electron chi connectivity index (χ4n) is 3.30. The van der Waals surface area contributed by atoms with Gasteiger partial charge in [-0.1, -0.05) is 18.2 Å². The van der Waals surface area contributed by atoms with E-state index in [0.29, 0.717) is 31.7 Å². The summed E-state index contributed by atoms with van der Waals surface area (Å²) in [6.45, 7) is 2.06. The highest BCUT2D eigenvalue weighted by atomic mass is 16.4. The summed E-state index contributed by atoms with van der Waals surface area (Å²) in [7, 11) is 0.